The molecule has 3 aromatic rings. The zero-order valence-electron chi connectivity index (χ0n) is 15.9. The van der Waals surface area contributed by atoms with Gasteiger partial charge in [-0.1, -0.05) is 72.3 Å². The van der Waals surface area contributed by atoms with Crippen molar-refractivity contribution in [3.8, 4) is 5.75 Å². The monoisotopic (exact) mass is 391 g/mol. The first-order chi connectivity index (χ1) is 13.6. The molecule has 0 bridgehead atoms. The Bertz CT molecular complexity index is 965. The zero-order chi connectivity index (χ0) is 19.9. The summed E-state index contributed by atoms with van der Waals surface area (Å²) < 4.78 is 5.19. The van der Waals surface area contributed by atoms with Crippen LogP contribution in [0.2, 0.25) is 5.02 Å². The number of likely N-dealkylation sites (N-methyl/N-ethyl adjacent to an activating group) is 1. The van der Waals surface area contributed by atoms with Crippen LogP contribution in [0.4, 0.5) is 0 Å². The Hall–Kier alpha value is -3.04. The minimum Gasteiger partial charge on any atom is -0.497 e. The summed E-state index contributed by atoms with van der Waals surface area (Å²) in [6, 6.07) is 24.9. The van der Waals surface area contributed by atoms with Crippen molar-refractivity contribution in [3.05, 3.63) is 101 Å². The quantitative estimate of drug-likeness (QED) is 0.407. The molecule has 0 aromatic heterocycles. The third kappa shape index (κ3) is 4.81. The number of rotatable bonds is 6. The van der Waals surface area contributed by atoms with Crippen LogP contribution in [0.3, 0.4) is 0 Å². The summed E-state index contributed by atoms with van der Waals surface area (Å²) in [6.45, 7) is 0.496. The van der Waals surface area contributed by atoms with Gasteiger partial charge in [0.05, 0.1) is 7.11 Å². The summed E-state index contributed by atoms with van der Waals surface area (Å²) >= 11 is 6.32. The average molecular weight is 392 g/mol. The van der Waals surface area contributed by atoms with E-state index in [0.717, 1.165) is 22.4 Å². The summed E-state index contributed by atoms with van der Waals surface area (Å²) in [7, 11) is 3.44. The number of halogens is 1. The number of methoxy groups -OCH3 is 1. The van der Waals surface area contributed by atoms with Gasteiger partial charge in [-0.2, -0.15) is 0 Å². The van der Waals surface area contributed by atoms with E-state index in [4.69, 9.17) is 16.3 Å². The fraction of sp³-hybridized carbons (Fsp3) is 0.125. The van der Waals surface area contributed by atoms with Crippen LogP contribution in [0.5, 0.6) is 5.75 Å². The molecule has 0 N–H and O–H groups in total. The van der Waals surface area contributed by atoms with Gasteiger partial charge in [-0.15, -0.1) is 0 Å². The van der Waals surface area contributed by atoms with Gasteiger partial charge in [0, 0.05) is 24.2 Å². The summed E-state index contributed by atoms with van der Waals surface area (Å²) in [5, 5.41) is 0.613. The van der Waals surface area contributed by atoms with E-state index in [0.29, 0.717) is 17.1 Å². The summed E-state index contributed by atoms with van der Waals surface area (Å²) in [5.41, 5.74) is 3.30. The summed E-state index contributed by atoms with van der Waals surface area (Å²) in [6.07, 6.45) is 1.85. The van der Waals surface area contributed by atoms with Gasteiger partial charge in [0.15, 0.2) is 0 Å². The summed E-state index contributed by atoms with van der Waals surface area (Å²) in [4.78, 5) is 15.0. The van der Waals surface area contributed by atoms with Gasteiger partial charge in [0.25, 0.3) is 5.91 Å². The van der Waals surface area contributed by atoms with Crippen molar-refractivity contribution in [2.75, 3.05) is 14.2 Å². The Morgan fingerprint density at radius 2 is 1.61 bits per heavy atom. The number of ether oxygens (including phenoxy) is 1. The van der Waals surface area contributed by atoms with E-state index < -0.39 is 0 Å². The molecule has 0 saturated heterocycles. The second kappa shape index (κ2) is 9.25. The molecule has 0 radical (unpaired) electrons. The lowest BCUT2D eigenvalue weighted by Crippen LogP contribution is -2.27. The molecule has 0 spiro atoms. The van der Waals surface area contributed by atoms with Crippen molar-refractivity contribution in [3.63, 3.8) is 0 Å². The van der Waals surface area contributed by atoms with Crippen LogP contribution in [0.1, 0.15) is 16.7 Å². The van der Waals surface area contributed by atoms with Crippen molar-refractivity contribution in [1.82, 2.24) is 4.90 Å². The van der Waals surface area contributed by atoms with E-state index in [1.54, 1.807) is 19.1 Å². The van der Waals surface area contributed by atoms with Crippen LogP contribution in [0.15, 0.2) is 78.9 Å². The smallest absolute Gasteiger partial charge is 0.254 e. The van der Waals surface area contributed by atoms with E-state index in [2.05, 4.69) is 0 Å². The third-order valence-electron chi connectivity index (χ3n) is 4.45. The molecular weight excluding hydrogens is 370 g/mol. The lowest BCUT2D eigenvalue weighted by atomic mass is 10.0. The molecular formula is C24H22ClNO2. The van der Waals surface area contributed by atoms with Crippen LogP contribution in [0, 0.1) is 0 Å². The molecule has 0 saturated carbocycles. The van der Waals surface area contributed by atoms with Gasteiger partial charge in [-0.05, 0) is 41.0 Å². The molecule has 0 heterocycles. The van der Waals surface area contributed by atoms with Crippen molar-refractivity contribution >= 4 is 29.2 Å². The maximum atomic E-state index is 13.3. The molecule has 1 amide bonds. The molecule has 142 valence electrons. The number of benzene rings is 3. The molecule has 28 heavy (non-hydrogen) atoms. The highest BCUT2D eigenvalue weighted by molar-refractivity contribution is 6.33. The van der Waals surface area contributed by atoms with Gasteiger partial charge in [0.2, 0.25) is 0 Å². The summed E-state index contributed by atoms with van der Waals surface area (Å²) in [5.74, 6) is 0.725. The first kappa shape index (κ1) is 19.7. The lowest BCUT2D eigenvalue weighted by Gasteiger charge is -2.20. The molecule has 0 unspecified atom stereocenters. The fourth-order valence-corrected chi connectivity index (χ4v) is 3.11. The molecule has 3 aromatic carbocycles. The van der Waals surface area contributed by atoms with Crippen molar-refractivity contribution in [1.29, 1.82) is 0 Å². The van der Waals surface area contributed by atoms with E-state index in [1.807, 2.05) is 84.9 Å². The maximum absolute atomic E-state index is 13.3. The topological polar surface area (TPSA) is 29.5 Å². The average Bonchev–Trinajstić information content (AvgIpc) is 2.74. The first-order valence-electron chi connectivity index (χ1n) is 8.98. The number of nitrogens with zero attached hydrogens (tertiary/aromatic N) is 1. The molecule has 0 aliphatic heterocycles. The minimum absolute atomic E-state index is 0.0677. The van der Waals surface area contributed by atoms with Gasteiger partial charge in [0.1, 0.15) is 5.75 Å². The van der Waals surface area contributed by atoms with Crippen molar-refractivity contribution in [2.45, 2.75) is 6.54 Å². The van der Waals surface area contributed by atoms with Gasteiger partial charge in [-0.3, -0.25) is 4.79 Å². The van der Waals surface area contributed by atoms with Crippen LogP contribution in [0.25, 0.3) is 11.6 Å². The largest absolute Gasteiger partial charge is 0.497 e. The fourth-order valence-electron chi connectivity index (χ4n) is 2.92. The predicted molar refractivity (Wildman–Crippen MR) is 115 cm³/mol. The van der Waals surface area contributed by atoms with Crippen molar-refractivity contribution in [2.24, 2.45) is 0 Å². The Morgan fingerprint density at radius 3 is 2.25 bits per heavy atom. The molecule has 0 aliphatic carbocycles. The molecule has 4 heteroatoms. The molecule has 3 rings (SSSR count). The second-order valence-corrected chi connectivity index (χ2v) is 6.86. The second-order valence-electron chi connectivity index (χ2n) is 6.45. The van der Waals surface area contributed by atoms with Crippen LogP contribution in [-0.4, -0.2) is 25.0 Å². The number of hydrogen-bond donors (Lipinski definition) is 0. The first-order valence-corrected chi connectivity index (χ1v) is 9.36. The lowest BCUT2D eigenvalue weighted by molar-refractivity contribution is -0.124. The Balaban J connectivity index is 1.91. The maximum Gasteiger partial charge on any atom is 0.254 e. The molecule has 0 fully saturated rings. The molecule has 0 atom stereocenters. The highest BCUT2D eigenvalue weighted by Gasteiger charge is 2.17. The van der Waals surface area contributed by atoms with Crippen molar-refractivity contribution < 1.29 is 9.53 Å². The minimum atomic E-state index is -0.0677. The number of carbonyl (C=O) groups is 1. The number of hydrogen-bond acceptors (Lipinski definition) is 2. The van der Waals surface area contributed by atoms with Gasteiger partial charge in [-0.25, -0.2) is 0 Å². The van der Waals surface area contributed by atoms with Crippen LogP contribution in [-0.2, 0) is 11.3 Å². The Morgan fingerprint density at radius 1 is 0.964 bits per heavy atom. The number of carbonyl (C=O) groups excluding carboxylic acids is 1. The predicted octanol–water partition coefficient (Wildman–Crippen LogP) is 5.55. The standard InChI is InChI=1S/C24H22ClNO2/c1-26(17-18-12-14-21(28-2)15-13-18)24(27)22(19-8-4-3-5-9-19)16-20-10-6-7-11-23(20)25/h3-16H,17H2,1-2H3/b22-16+. The normalized spacial score (nSPS) is 11.2. The highest BCUT2D eigenvalue weighted by Crippen LogP contribution is 2.25. The number of amides is 1. The van der Waals surface area contributed by atoms with Crippen LogP contribution < -0.4 is 4.74 Å². The van der Waals surface area contributed by atoms with E-state index in [9.17, 15) is 4.79 Å². The zero-order valence-corrected chi connectivity index (χ0v) is 16.7. The van der Waals surface area contributed by atoms with Crippen LogP contribution >= 0.6 is 11.6 Å². The molecule has 0 aliphatic rings. The Labute approximate surface area is 170 Å². The SMILES string of the molecule is COc1ccc(CN(C)C(=O)/C(=C/c2ccccc2Cl)c2ccccc2)cc1. The Kier molecular flexibility index (Phi) is 6.51. The molecule has 3 nitrogen and oxygen atoms in total. The van der Waals surface area contributed by atoms with Gasteiger partial charge < -0.3 is 9.64 Å². The van der Waals surface area contributed by atoms with E-state index >= 15 is 0 Å². The third-order valence-corrected chi connectivity index (χ3v) is 4.79. The van der Waals surface area contributed by atoms with E-state index in [1.165, 1.54) is 0 Å². The highest BCUT2D eigenvalue weighted by atomic mass is 35.5. The van der Waals surface area contributed by atoms with Gasteiger partial charge >= 0.3 is 0 Å². The van der Waals surface area contributed by atoms with E-state index in [-0.39, 0.29) is 5.91 Å².